The van der Waals surface area contributed by atoms with E-state index in [4.69, 9.17) is 15.5 Å². The third-order valence-electron chi connectivity index (χ3n) is 4.69. The van der Waals surface area contributed by atoms with Gasteiger partial charge in [0.2, 0.25) is 0 Å². The van der Waals surface area contributed by atoms with Gasteiger partial charge in [-0.25, -0.2) is 4.99 Å². The molecule has 3 aromatic carbocycles. The van der Waals surface area contributed by atoms with E-state index in [0.29, 0.717) is 12.3 Å². The molecule has 0 aliphatic carbocycles. The fourth-order valence-corrected chi connectivity index (χ4v) is 3.29. The lowest BCUT2D eigenvalue weighted by Gasteiger charge is -2.20. The molecule has 0 fully saturated rings. The van der Waals surface area contributed by atoms with E-state index in [9.17, 15) is 4.79 Å². The van der Waals surface area contributed by atoms with Crippen LogP contribution in [-0.4, -0.2) is 25.0 Å². The molecule has 0 heterocycles. The second-order valence-electron chi connectivity index (χ2n) is 7.03. The lowest BCUT2D eigenvalue weighted by atomic mass is 10.00. The molecule has 3 rings (SSSR count). The molecule has 7 heteroatoms. The van der Waals surface area contributed by atoms with Crippen LogP contribution >= 0.6 is 24.0 Å². The molecule has 0 spiro atoms. The molecular weight excluding hydrogens is 503 g/mol. The first-order valence-electron chi connectivity index (χ1n) is 10.1. The average Bonchev–Trinajstić information content (AvgIpc) is 2.76. The zero-order valence-corrected chi connectivity index (χ0v) is 20.1. The number of halogens is 1. The van der Waals surface area contributed by atoms with E-state index in [-0.39, 0.29) is 36.6 Å². The number of nitrogens with one attached hydrogen (secondary N) is 2. The van der Waals surface area contributed by atoms with Crippen molar-refractivity contribution >= 4 is 46.6 Å². The number of hydrogen-bond donors (Lipinski definition) is 3. The van der Waals surface area contributed by atoms with Crippen molar-refractivity contribution in [2.45, 2.75) is 26.4 Å². The zero-order valence-electron chi connectivity index (χ0n) is 17.8. The van der Waals surface area contributed by atoms with E-state index in [1.54, 1.807) is 6.07 Å². The minimum Gasteiger partial charge on any atom is -0.484 e. The lowest BCUT2D eigenvalue weighted by Crippen LogP contribution is -2.38. The Bertz CT molecular complexity index is 1030. The normalized spacial score (nSPS) is 12.0. The van der Waals surface area contributed by atoms with Gasteiger partial charge in [-0.2, -0.15) is 0 Å². The Labute approximate surface area is 200 Å². The summed E-state index contributed by atoms with van der Waals surface area (Å²) in [5, 5.41) is 9.25. The topological polar surface area (TPSA) is 88.7 Å². The van der Waals surface area contributed by atoms with Gasteiger partial charge in [-0.3, -0.25) is 4.79 Å². The third kappa shape index (κ3) is 7.13. The number of rotatable bonds is 8. The first kappa shape index (κ1) is 24.5. The predicted octanol–water partition coefficient (Wildman–Crippen LogP) is 4.14. The summed E-state index contributed by atoms with van der Waals surface area (Å²) in [5.41, 5.74) is 7.34. The summed E-state index contributed by atoms with van der Waals surface area (Å²) < 4.78 is 5.37. The molecule has 0 aliphatic rings. The number of fused-ring (bicyclic) bond motifs is 1. The lowest BCUT2D eigenvalue weighted by molar-refractivity contribution is -0.119. The monoisotopic (exact) mass is 532 g/mol. The Morgan fingerprint density at radius 1 is 1.10 bits per heavy atom. The van der Waals surface area contributed by atoms with Crippen molar-refractivity contribution in [1.29, 1.82) is 0 Å². The number of amides is 1. The van der Waals surface area contributed by atoms with Crippen LogP contribution in [0.2, 0.25) is 0 Å². The molecule has 1 unspecified atom stereocenters. The Hall–Kier alpha value is -2.81. The largest absolute Gasteiger partial charge is 0.484 e. The number of carbonyl (C=O) groups is 1. The van der Waals surface area contributed by atoms with Crippen LogP contribution in [-0.2, 0) is 11.3 Å². The van der Waals surface area contributed by atoms with Crippen molar-refractivity contribution in [2.24, 2.45) is 10.7 Å². The second kappa shape index (κ2) is 12.1. The summed E-state index contributed by atoms with van der Waals surface area (Å²) in [6.07, 6.45) is 0. The first-order chi connectivity index (χ1) is 14.6. The van der Waals surface area contributed by atoms with Crippen molar-refractivity contribution in [3.63, 3.8) is 0 Å². The summed E-state index contributed by atoms with van der Waals surface area (Å²) in [6, 6.07) is 22.3. The van der Waals surface area contributed by atoms with Gasteiger partial charge in [0.1, 0.15) is 5.75 Å². The van der Waals surface area contributed by atoms with Crippen LogP contribution in [0.25, 0.3) is 10.8 Å². The standard InChI is InChI=1S/C24H28N4O2.HI/c1-3-26-24(27-15-18-8-6-11-20(14-18)30-16-23(25)29)28-17(2)21-13-7-10-19-9-4-5-12-22(19)21;/h4-14,17H,3,15-16H2,1-2H3,(H2,25,29)(H2,26,27,28);1H. The van der Waals surface area contributed by atoms with E-state index in [2.05, 4.69) is 60.0 Å². The van der Waals surface area contributed by atoms with Crippen molar-refractivity contribution in [3.05, 3.63) is 77.9 Å². The third-order valence-corrected chi connectivity index (χ3v) is 4.69. The van der Waals surface area contributed by atoms with E-state index in [1.807, 2.05) is 25.1 Å². The number of guanidine groups is 1. The fourth-order valence-electron chi connectivity index (χ4n) is 3.29. The molecule has 1 atom stereocenters. The molecule has 0 aliphatic heterocycles. The quantitative estimate of drug-likeness (QED) is 0.231. The number of primary amides is 1. The van der Waals surface area contributed by atoms with Crippen LogP contribution in [0.4, 0.5) is 0 Å². The molecule has 0 radical (unpaired) electrons. The molecule has 0 saturated heterocycles. The van der Waals surface area contributed by atoms with Gasteiger partial charge in [0, 0.05) is 6.54 Å². The molecule has 31 heavy (non-hydrogen) atoms. The van der Waals surface area contributed by atoms with Crippen LogP contribution in [0, 0.1) is 0 Å². The molecule has 6 nitrogen and oxygen atoms in total. The van der Waals surface area contributed by atoms with E-state index in [0.717, 1.165) is 18.1 Å². The average molecular weight is 532 g/mol. The first-order valence-corrected chi connectivity index (χ1v) is 10.1. The smallest absolute Gasteiger partial charge is 0.255 e. The van der Waals surface area contributed by atoms with Gasteiger partial charge in [-0.1, -0.05) is 54.6 Å². The minimum atomic E-state index is -0.500. The number of ether oxygens (including phenoxy) is 1. The van der Waals surface area contributed by atoms with Gasteiger partial charge in [-0.15, -0.1) is 24.0 Å². The van der Waals surface area contributed by atoms with E-state index in [1.165, 1.54) is 16.3 Å². The molecular formula is C24H29IN4O2. The highest BCUT2D eigenvalue weighted by atomic mass is 127. The molecule has 1 amide bonds. The number of carbonyl (C=O) groups excluding carboxylic acids is 1. The molecule has 3 aromatic rings. The Morgan fingerprint density at radius 3 is 2.61 bits per heavy atom. The Morgan fingerprint density at radius 2 is 1.84 bits per heavy atom. The van der Waals surface area contributed by atoms with Gasteiger partial charge in [0.25, 0.3) is 5.91 Å². The Kier molecular flexibility index (Phi) is 9.58. The molecule has 0 aromatic heterocycles. The van der Waals surface area contributed by atoms with Gasteiger partial charge in [0.05, 0.1) is 12.6 Å². The summed E-state index contributed by atoms with van der Waals surface area (Å²) in [5.74, 6) is 0.837. The summed E-state index contributed by atoms with van der Waals surface area (Å²) in [7, 11) is 0. The highest BCUT2D eigenvalue weighted by Gasteiger charge is 2.11. The fraction of sp³-hybridized carbons (Fsp3) is 0.250. The van der Waals surface area contributed by atoms with Crippen LogP contribution in [0.1, 0.15) is 31.0 Å². The SMILES string of the molecule is CCNC(=NCc1cccc(OCC(N)=O)c1)NC(C)c1cccc2ccccc12.I. The maximum atomic E-state index is 10.9. The molecule has 4 N–H and O–H groups in total. The summed E-state index contributed by atoms with van der Waals surface area (Å²) in [4.78, 5) is 15.6. The van der Waals surface area contributed by atoms with Crippen molar-refractivity contribution < 1.29 is 9.53 Å². The second-order valence-corrected chi connectivity index (χ2v) is 7.03. The van der Waals surface area contributed by atoms with Gasteiger partial charge in [-0.05, 0) is 47.9 Å². The van der Waals surface area contributed by atoms with Crippen LogP contribution in [0.3, 0.4) is 0 Å². The minimum absolute atomic E-state index is 0. The summed E-state index contributed by atoms with van der Waals surface area (Å²) >= 11 is 0. The molecule has 0 saturated carbocycles. The Balaban J connectivity index is 0.00000341. The number of aliphatic imine (C=N–C) groups is 1. The van der Waals surface area contributed by atoms with Crippen molar-refractivity contribution in [1.82, 2.24) is 10.6 Å². The van der Waals surface area contributed by atoms with E-state index < -0.39 is 5.91 Å². The van der Waals surface area contributed by atoms with Gasteiger partial charge < -0.3 is 21.1 Å². The van der Waals surface area contributed by atoms with Gasteiger partial charge in [0.15, 0.2) is 12.6 Å². The van der Waals surface area contributed by atoms with Crippen molar-refractivity contribution in [3.8, 4) is 5.75 Å². The highest BCUT2D eigenvalue weighted by Crippen LogP contribution is 2.24. The highest BCUT2D eigenvalue weighted by molar-refractivity contribution is 14.0. The van der Waals surface area contributed by atoms with Crippen LogP contribution in [0.5, 0.6) is 5.75 Å². The number of hydrogen-bond acceptors (Lipinski definition) is 3. The van der Waals surface area contributed by atoms with Gasteiger partial charge >= 0.3 is 0 Å². The number of benzene rings is 3. The maximum Gasteiger partial charge on any atom is 0.255 e. The van der Waals surface area contributed by atoms with Crippen LogP contribution < -0.4 is 21.1 Å². The number of nitrogens with zero attached hydrogens (tertiary/aromatic N) is 1. The number of nitrogens with two attached hydrogens (primary N) is 1. The summed E-state index contributed by atoms with van der Waals surface area (Å²) in [6.45, 7) is 5.27. The molecule has 164 valence electrons. The maximum absolute atomic E-state index is 10.9. The zero-order chi connectivity index (χ0) is 21.3. The molecule has 0 bridgehead atoms. The van der Waals surface area contributed by atoms with Crippen molar-refractivity contribution in [2.75, 3.05) is 13.2 Å². The predicted molar refractivity (Wildman–Crippen MR) is 137 cm³/mol. The van der Waals surface area contributed by atoms with Crippen LogP contribution in [0.15, 0.2) is 71.7 Å². The van der Waals surface area contributed by atoms with E-state index >= 15 is 0 Å².